The fraction of sp³-hybridized carbons (Fsp3) is 0.333. The number of likely N-dealkylation sites (tertiary alicyclic amines) is 1. The number of H-pyrrole nitrogens is 1. The van der Waals surface area contributed by atoms with Crippen LogP contribution in [-0.2, 0) is 4.74 Å². The van der Waals surface area contributed by atoms with Gasteiger partial charge in [0.25, 0.3) is 0 Å². The highest BCUT2D eigenvalue weighted by Crippen LogP contribution is 2.36. The Labute approximate surface area is 187 Å². The largest absolute Gasteiger partial charge is 0.444 e. The van der Waals surface area contributed by atoms with Gasteiger partial charge in [-0.1, -0.05) is 36.0 Å². The van der Waals surface area contributed by atoms with Gasteiger partial charge in [0.05, 0.1) is 17.9 Å². The van der Waals surface area contributed by atoms with E-state index in [0.29, 0.717) is 6.54 Å². The number of hydrogen-bond acceptors (Lipinski definition) is 5. The molecule has 1 amide bonds. The van der Waals surface area contributed by atoms with Crippen molar-refractivity contribution >= 4 is 23.5 Å². The number of aromatic nitrogens is 2. The summed E-state index contributed by atoms with van der Waals surface area (Å²) in [4.78, 5) is 24.5. The van der Waals surface area contributed by atoms with Crippen molar-refractivity contribution in [3.8, 4) is 11.3 Å². The third-order valence-corrected chi connectivity index (χ3v) is 6.17. The van der Waals surface area contributed by atoms with Crippen LogP contribution >= 0.6 is 11.8 Å². The number of carbonyl (C=O) groups is 1. The lowest BCUT2D eigenvalue weighted by atomic mass is 10.1. The summed E-state index contributed by atoms with van der Waals surface area (Å²) < 4.78 is 5.58. The summed E-state index contributed by atoms with van der Waals surface area (Å²) in [5.74, 6) is 0.785. The normalized spacial score (nSPS) is 16.5. The van der Waals surface area contributed by atoms with Crippen LogP contribution in [0.25, 0.3) is 11.3 Å². The molecule has 0 aliphatic carbocycles. The summed E-state index contributed by atoms with van der Waals surface area (Å²) >= 11 is 1.64. The molecule has 162 valence electrons. The average molecular weight is 437 g/mol. The van der Waals surface area contributed by atoms with E-state index in [2.05, 4.69) is 28.2 Å². The number of nitrogens with two attached hydrogens (primary N) is 1. The zero-order valence-electron chi connectivity index (χ0n) is 18.1. The highest BCUT2D eigenvalue weighted by Gasteiger charge is 2.34. The molecule has 0 saturated carbocycles. The van der Waals surface area contributed by atoms with E-state index in [-0.39, 0.29) is 12.1 Å². The van der Waals surface area contributed by atoms with E-state index < -0.39 is 5.60 Å². The molecule has 1 fully saturated rings. The molecule has 2 heterocycles. The number of amides is 1. The molecule has 4 rings (SSSR count). The maximum Gasteiger partial charge on any atom is 0.410 e. The summed E-state index contributed by atoms with van der Waals surface area (Å²) in [6.07, 6.45) is 3.33. The number of nitrogens with one attached hydrogen (secondary N) is 1. The maximum absolute atomic E-state index is 12.6. The molecule has 1 aliphatic rings. The van der Waals surface area contributed by atoms with Crippen molar-refractivity contribution in [2.24, 2.45) is 0 Å². The van der Waals surface area contributed by atoms with Crippen LogP contribution in [0.3, 0.4) is 0 Å². The molecule has 0 bridgehead atoms. The highest BCUT2D eigenvalue weighted by molar-refractivity contribution is 7.99. The Hall–Kier alpha value is -2.93. The average Bonchev–Trinajstić information content (AvgIpc) is 3.38. The monoisotopic (exact) mass is 436 g/mol. The second-order valence-corrected chi connectivity index (χ2v) is 9.80. The van der Waals surface area contributed by atoms with Gasteiger partial charge in [0.2, 0.25) is 0 Å². The van der Waals surface area contributed by atoms with Gasteiger partial charge in [-0.05, 0) is 57.9 Å². The van der Waals surface area contributed by atoms with Crippen molar-refractivity contribution in [3.63, 3.8) is 0 Å². The minimum absolute atomic E-state index is 0.101. The van der Waals surface area contributed by atoms with Gasteiger partial charge in [0, 0.05) is 27.6 Å². The van der Waals surface area contributed by atoms with Gasteiger partial charge < -0.3 is 15.5 Å². The molecule has 2 aromatic carbocycles. The number of nitrogens with zero attached hydrogens (tertiary/aromatic N) is 2. The molecular formula is C24H28N4O2S. The van der Waals surface area contributed by atoms with Crippen LogP contribution in [0.1, 0.15) is 45.5 Å². The lowest BCUT2D eigenvalue weighted by Crippen LogP contribution is -2.36. The third-order valence-electron chi connectivity index (χ3n) is 5.09. The van der Waals surface area contributed by atoms with Crippen molar-refractivity contribution in [2.45, 2.75) is 55.0 Å². The number of benzene rings is 2. The Morgan fingerprint density at radius 1 is 1.23 bits per heavy atom. The molecule has 1 aromatic heterocycles. The standard InChI is InChI=1S/C24H28N4O2S/c1-24(2,3)30-23(29)28-13-7-10-20(28)22-26-15-19(27-22)16-11-12-18(25)21(14-16)31-17-8-5-4-6-9-17/h4-6,8-9,11-12,14-15,20H,7,10,13,25H2,1-3H3,(H,26,27)/t20-/m0/s1. The molecule has 1 aliphatic heterocycles. The van der Waals surface area contributed by atoms with Gasteiger partial charge in [0.15, 0.2) is 0 Å². The molecular weight excluding hydrogens is 408 g/mol. The first-order valence-electron chi connectivity index (χ1n) is 10.5. The molecule has 1 saturated heterocycles. The minimum Gasteiger partial charge on any atom is -0.444 e. The van der Waals surface area contributed by atoms with Crippen molar-refractivity contribution in [1.29, 1.82) is 0 Å². The number of carbonyl (C=O) groups excluding carboxylic acids is 1. The number of nitrogen functional groups attached to an aromatic ring is 1. The number of aromatic amines is 1. The zero-order chi connectivity index (χ0) is 22.0. The smallest absolute Gasteiger partial charge is 0.410 e. The SMILES string of the molecule is CC(C)(C)OC(=O)N1CCC[C@H]1c1ncc(-c2ccc(N)c(Sc3ccccc3)c2)[nH]1. The van der Waals surface area contributed by atoms with Crippen LogP contribution in [0.2, 0.25) is 0 Å². The van der Waals surface area contributed by atoms with E-state index in [1.54, 1.807) is 16.7 Å². The molecule has 3 N–H and O–H groups in total. The molecule has 0 spiro atoms. The summed E-state index contributed by atoms with van der Waals surface area (Å²) in [6.45, 7) is 6.32. The lowest BCUT2D eigenvalue weighted by molar-refractivity contribution is 0.0218. The fourth-order valence-corrected chi connectivity index (χ4v) is 4.57. The van der Waals surface area contributed by atoms with Crippen LogP contribution in [0, 0.1) is 0 Å². The summed E-state index contributed by atoms with van der Waals surface area (Å²) in [5.41, 5.74) is 8.35. The van der Waals surface area contributed by atoms with Gasteiger partial charge in [-0.2, -0.15) is 0 Å². The van der Waals surface area contributed by atoms with Crippen molar-refractivity contribution in [2.75, 3.05) is 12.3 Å². The number of imidazole rings is 1. The number of ether oxygens (including phenoxy) is 1. The molecule has 0 unspecified atom stereocenters. The van der Waals surface area contributed by atoms with E-state index in [1.165, 1.54) is 0 Å². The van der Waals surface area contributed by atoms with E-state index in [1.807, 2.05) is 57.3 Å². The van der Waals surface area contributed by atoms with Crippen LogP contribution in [0.15, 0.2) is 64.5 Å². The first kappa shape index (κ1) is 21.3. The molecule has 0 radical (unpaired) electrons. The molecule has 31 heavy (non-hydrogen) atoms. The lowest BCUT2D eigenvalue weighted by Gasteiger charge is -2.27. The van der Waals surface area contributed by atoms with E-state index in [4.69, 9.17) is 10.5 Å². The predicted octanol–water partition coefficient (Wildman–Crippen LogP) is 5.88. The van der Waals surface area contributed by atoms with Crippen molar-refractivity contribution in [1.82, 2.24) is 14.9 Å². The molecule has 6 nitrogen and oxygen atoms in total. The van der Waals surface area contributed by atoms with E-state index >= 15 is 0 Å². The molecule has 7 heteroatoms. The van der Waals surface area contributed by atoms with Crippen molar-refractivity contribution < 1.29 is 9.53 Å². The first-order chi connectivity index (χ1) is 14.8. The van der Waals surface area contributed by atoms with Crippen LogP contribution in [-0.4, -0.2) is 33.1 Å². The zero-order valence-corrected chi connectivity index (χ0v) is 18.9. The summed E-state index contributed by atoms with van der Waals surface area (Å²) in [7, 11) is 0. The van der Waals surface area contributed by atoms with Gasteiger partial charge in [-0.3, -0.25) is 4.90 Å². The maximum atomic E-state index is 12.6. The first-order valence-corrected chi connectivity index (χ1v) is 11.3. The van der Waals surface area contributed by atoms with E-state index in [9.17, 15) is 4.79 Å². The number of rotatable bonds is 4. The molecule has 1 atom stereocenters. The Bertz CT molecular complexity index is 1060. The fourth-order valence-electron chi connectivity index (χ4n) is 3.65. The van der Waals surface area contributed by atoms with Crippen molar-refractivity contribution in [3.05, 3.63) is 60.6 Å². The Kier molecular flexibility index (Phi) is 5.96. The van der Waals surface area contributed by atoms with Crippen LogP contribution in [0.4, 0.5) is 10.5 Å². The van der Waals surface area contributed by atoms with Gasteiger partial charge >= 0.3 is 6.09 Å². The predicted molar refractivity (Wildman–Crippen MR) is 124 cm³/mol. The summed E-state index contributed by atoms with van der Waals surface area (Å²) in [6, 6.07) is 16.0. The second-order valence-electron chi connectivity index (χ2n) is 8.68. The highest BCUT2D eigenvalue weighted by atomic mass is 32.2. The molecule has 3 aromatic rings. The third kappa shape index (κ3) is 5.05. The summed E-state index contributed by atoms with van der Waals surface area (Å²) in [5, 5.41) is 0. The minimum atomic E-state index is -0.519. The second kappa shape index (κ2) is 8.67. The van der Waals surface area contributed by atoms with Crippen LogP contribution < -0.4 is 5.73 Å². The van der Waals surface area contributed by atoms with E-state index in [0.717, 1.165) is 45.4 Å². The van der Waals surface area contributed by atoms with Gasteiger partial charge in [0.1, 0.15) is 11.4 Å². The Morgan fingerprint density at radius 3 is 2.74 bits per heavy atom. The number of hydrogen-bond donors (Lipinski definition) is 2. The quantitative estimate of drug-likeness (QED) is 0.499. The van der Waals surface area contributed by atoms with Crippen LogP contribution in [0.5, 0.6) is 0 Å². The Morgan fingerprint density at radius 2 is 2.00 bits per heavy atom. The number of anilines is 1. The van der Waals surface area contributed by atoms with Gasteiger partial charge in [-0.15, -0.1) is 0 Å². The Balaban J connectivity index is 1.55. The topological polar surface area (TPSA) is 84.2 Å². The van der Waals surface area contributed by atoms with Gasteiger partial charge in [-0.25, -0.2) is 9.78 Å².